The Labute approximate surface area is 248 Å². The number of carboxylic acids is 3. The molecule has 43 heavy (non-hydrogen) atoms. The van der Waals surface area contributed by atoms with Gasteiger partial charge in [0.15, 0.2) is 0 Å². The first-order chi connectivity index (χ1) is 20.6. The molecule has 0 spiro atoms. The Morgan fingerprint density at radius 2 is 1.19 bits per heavy atom. The molecule has 2 aromatic rings. The molecule has 16 heteroatoms. The van der Waals surface area contributed by atoms with Crippen molar-refractivity contribution in [2.75, 3.05) is 78.5 Å². The van der Waals surface area contributed by atoms with Crippen LogP contribution in [0.15, 0.2) is 30.5 Å². The molecule has 1 saturated heterocycles. The summed E-state index contributed by atoms with van der Waals surface area (Å²) in [6.45, 7) is 1.96. The minimum Gasteiger partial charge on any atom is -0.480 e. The summed E-state index contributed by atoms with van der Waals surface area (Å²) < 4.78 is 1.57. The summed E-state index contributed by atoms with van der Waals surface area (Å²) in [5.74, 6) is -3.34. The molecule has 0 bridgehead atoms. The second-order valence-corrected chi connectivity index (χ2v) is 10.2. The number of carbonyl (C=O) groups is 4. The molecule has 1 fully saturated rings. The maximum absolute atomic E-state index is 12.9. The van der Waals surface area contributed by atoms with Gasteiger partial charge in [-0.2, -0.15) is 5.26 Å². The van der Waals surface area contributed by atoms with Crippen molar-refractivity contribution in [2.45, 2.75) is 13.0 Å². The molecule has 0 atom stereocenters. The van der Waals surface area contributed by atoms with Crippen molar-refractivity contribution in [1.82, 2.24) is 39.9 Å². The third-order valence-electron chi connectivity index (χ3n) is 6.87. The van der Waals surface area contributed by atoms with Crippen molar-refractivity contribution in [1.29, 1.82) is 5.26 Å². The number of amides is 1. The standard InChI is InChI=1S/C27H37N9O7/c28-6-5-21-1-3-23(4-2-21)36-16-22(30-31-36)15-29-24(37)17-32-7-9-33(18-25(38)39)11-13-35(20-27(42)43)14-12-34(10-8-32)19-26(40)41/h1-4,16H,5,7-15,17-20H2,(H,29,37)(H,38,39)(H,40,41)(H,42,43). The Morgan fingerprint density at radius 1 is 0.744 bits per heavy atom. The van der Waals surface area contributed by atoms with Crippen molar-refractivity contribution in [3.8, 4) is 11.8 Å². The maximum atomic E-state index is 12.9. The number of hydrogen-bond donors (Lipinski definition) is 4. The van der Waals surface area contributed by atoms with E-state index in [-0.39, 0.29) is 38.6 Å². The van der Waals surface area contributed by atoms with E-state index in [4.69, 9.17) is 5.26 Å². The van der Waals surface area contributed by atoms with Crippen LogP contribution in [0.5, 0.6) is 0 Å². The van der Waals surface area contributed by atoms with Crippen molar-refractivity contribution in [3.05, 3.63) is 41.7 Å². The highest BCUT2D eigenvalue weighted by Gasteiger charge is 2.21. The van der Waals surface area contributed by atoms with Gasteiger partial charge in [0.1, 0.15) is 5.69 Å². The average Bonchev–Trinajstić information content (AvgIpc) is 3.42. The summed E-state index contributed by atoms with van der Waals surface area (Å²) >= 11 is 0. The van der Waals surface area contributed by atoms with Crippen LogP contribution in [0.4, 0.5) is 0 Å². The van der Waals surface area contributed by atoms with E-state index < -0.39 is 17.9 Å². The molecule has 3 rings (SSSR count). The van der Waals surface area contributed by atoms with Crippen molar-refractivity contribution in [2.24, 2.45) is 0 Å². The number of hydrogen-bond acceptors (Lipinski definition) is 11. The quantitative estimate of drug-likeness (QED) is 0.217. The zero-order valence-electron chi connectivity index (χ0n) is 23.8. The SMILES string of the molecule is N#CCc1ccc(-n2cc(CNC(=O)CN3CCN(CC(=O)O)CCN(CC(=O)O)CCN(CC(=O)O)CC3)nn2)cc1. The molecule has 1 amide bonds. The van der Waals surface area contributed by atoms with Crippen LogP contribution in [-0.4, -0.2) is 152 Å². The fourth-order valence-electron chi connectivity index (χ4n) is 4.60. The minimum absolute atomic E-state index is 0.00144. The van der Waals surface area contributed by atoms with Crippen LogP contribution < -0.4 is 5.32 Å². The van der Waals surface area contributed by atoms with E-state index >= 15 is 0 Å². The fourth-order valence-corrected chi connectivity index (χ4v) is 4.60. The van der Waals surface area contributed by atoms with Crippen LogP contribution in [0.3, 0.4) is 0 Å². The highest BCUT2D eigenvalue weighted by Crippen LogP contribution is 2.10. The van der Waals surface area contributed by atoms with Crippen LogP contribution in [0.1, 0.15) is 11.3 Å². The smallest absolute Gasteiger partial charge is 0.317 e. The second-order valence-electron chi connectivity index (χ2n) is 10.2. The van der Waals surface area contributed by atoms with Gasteiger partial charge in [0.2, 0.25) is 5.91 Å². The Hall–Kier alpha value is -4.43. The van der Waals surface area contributed by atoms with E-state index in [9.17, 15) is 34.5 Å². The Morgan fingerprint density at radius 3 is 1.60 bits per heavy atom. The van der Waals surface area contributed by atoms with Crippen LogP contribution in [0.2, 0.25) is 0 Å². The molecule has 0 unspecified atom stereocenters. The highest BCUT2D eigenvalue weighted by atomic mass is 16.4. The van der Waals surface area contributed by atoms with Gasteiger partial charge in [-0.1, -0.05) is 17.3 Å². The number of nitriles is 1. The second kappa shape index (κ2) is 16.9. The molecular weight excluding hydrogens is 562 g/mol. The van der Waals surface area contributed by atoms with E-state index in [0.717, 1.165) is 11.3 Å². The molecule has 4 N–H and O–H groups in total. The van der Waals surface area contributed by atoms with Gasteiger partial charge < -0.3 is 20.6 Å². The summed E-state index contributed by atoms with van der Waals surface area (Å²) in [4.78, 5) is 54.0. The lowest BCUT2D eigenvalue weighted by atomic mass is 10.1. The van der Waals surface area contributed by atoms with Crippen LogP contribution in [0, 0.1) is 11.3 Å². The number of aliphatic carboxylic acids is 3. The number of rotatable bonds is 12. The monoisotopic (exact) mass is 599 g/mol. The molecule has 1 aromatic carbocycles. The van der Waals surface area contributed by atoms with Crippen molar-refractivity contribution in [3.63, 3.8) is 0 Å². The number of benzene rings is 1. The van der Waals surface area contributed by atoms with Gasteiger partial charge in [0.05, 0.1) is 57.1 Å². The van der Waals surface area contributed by atoms with Crippen LogP contribution in [0.25, 0.3) is 5.69 Å². The van der Waals surface area contributed by atoms with E-state index in [0.29, 0.717) is 64.5 Å². The molecule has 2 heterocycles. The fraction of sp³-hybridized carbons (Fsp3) is 0.519. The molecule has 0 saturated carbocycles. The number of nitrogens with zero attached hydrogens (tertiary/aromatic N) is 8. The first-order valence-corrected chi connectivity index (χ1v) is 13.8. The minimum atomic E-state index is -1.02. The van der Waals surface area contributed by atoms with Gasteiger partial charge in [0.25, 0.3) is 0 Å². The van der Waals surface area contributed by atoms with Crippen molar-refractivity contribution >= 4 is 23.8 Å². The lowest BCUT2D eigenvalue weighted by Gasteiger charge is -2.32. The van der Waals surface area contributed by atoms with Gasteiger partial charge >= 0.3 is 17.9 Å². The molecule has 1 aromatic heterocycles. The van der Waals surface area contributed by atoms with Gasteiger partial charge in [0, 0.05) is 52.4 Å². The predicted octanol–water partition coefficient (Wildman–Crippen LogP) is -1.58. The lowest BCUT2D eigenvalue weighted by molar-refractivity contribution is -0.140. The van der Waals surface area contributed by atoms with E-state index in [1.54, 1.807) is 25.6 Å². The number of carbonyl (C=O) groups excluding carboxylic acids is 1. The molecule has 232 valence electrons. The molecular formula is C27H37N9O7. The Balaban J connectivity index is 1.62. The lowest BCUT2D eigenvalue weighted by Crippen LogP contribution is -2.49. The van der Waals surface area contributed by atoms with Gasteiger partial charge in [-0.05, 0) is 17.7 Å². The zero-order valence-corrected chi connectivity index (χ0v) is 23.8. The number of nitrogens with one attached hydrogen (secondary N) is 1. The summed E-state index contributed by atoms with van der Waals surface area (Å²) in [6.07, 6.45) is 2.00. The molecule has 0 radical (unpaired) electrons. The van der Waals surface area contributed by atoms with E-state index in [2.05, 4.69) is 21.7 Å². The molecule has 0 aliphatic carbocycles. The normalized spacial score (nSPS) is 16.4. The van der Waals surface area contributed by atoms with Crippen molar-refractivity contribution < 1.29 is 34.5 Å². The topological polar surface area (TPSA) is 208 Å². The first-order valence-electron chi connectivity index (χ1n) is 13.8. The predicted molar refractivity (Wildman–Crippen MR) is 151 cm³/mol. The van der Waals surface area contributed by atoms with Crippen LogP contribution in [-0.2, 0) is 32.1 Å². The molecule has 16 nitrogen and oxygen atoms in total. The summed E-state index contributed by atoms with van der Waals surface area (Å²) in [5, 5.41) is 47.9. The van der Waals surface area contributed by atoms with E-state index in [1.165, 1.54) is 0 Å². The maximum Gasteiger partial charge on any atom is 0.317 e. The van der Waals surface area contributed by atoms with Gasteiger partial charge in [-0.25, -0.2) is 4.68 Å². The average molecular weight is 600 g/mol. The van der Waals surface area contributed by atoms with Crippen LogP contribution >= 0.6 is 0 Å². The molecule has 1 aliphatic heterocycles. The van der Waals surface area contributed by atoms with E-state index in [1.807, 2.05) is 29.2 Å². The number of aromatic nitrogens is 3. The highest BCUT2D eigenvalue weighted by molar-refractivity contribution is 5.78. The van der Waals surface area contributed by atoms with Gasteiger partial charge in [-0.15, -0.1) is 5.10 Å². The third-order valence-corrected chi connectivity index (χ3v) is 6.87. The van der Waals surface area contributed by atoms with Gasteiger partial charge in [-0.3, -0.25) is 38.8 Å². The Bertz CT molecular complexity index is 1250. The summed E-state index contributed by atoms with van der Waals surface area (Å²) in [5.41, 5.74) is 2.18. The summed E-state index contributed by atoms with van der Waals surface area (Å²) in [7, 11) is 0. The third kappa shape index (κ3) is 12.1. The number of carboxylic acid groups (broad SMARTS) is 3. The molecule has 1 aliphatic rings. The first kappa shape index (κ1) is 33.1. The summed E-state index contributed by atoms with van der Waals surface area (Å²) in [6, 6.07) is 9.42. The zero-order chi connectivity index (χ0) is 31.2. The largest absolute Gasteiger partial charge is 0.480 e. The Kier molecular flexibility index (Phi) is 13.0.